The minimum atomic E-state index is -3.45. The predicted octanol–water partition coefficient (Wildman–Crippen LogP) is 3.46. The predicted molar refractivity (Wildman–Crippen MR) is 75.2 cm³/mol. The average Bonchev–Trinajstić information content (AvgIpc) is 2.37. The lowest BCUT2D eigenvalue weighted by Crippen LogP contribution is -2.02. The Morgan fingerprint density at radius 1 is 0.889 bits per heavy atom. The van der Waals surface area contributed by atoms with Gasteiger partial charge in [-0.3, -0.25) is 0 Å². The first-order chi connectivity index (χ1) is 8.56. The quantitative estimate of drug-likeness (QED) is 0.804. The highest BCUT2D eigenvalue weighted by Gasteiger charge is 2.09. The molecule has 0 fully saturated rings. The summed E-state index contributed by atoms with van der Waals surface area (Å²) < 4.78 is 22.0. The van der Waals surface area contributed by atoms with E-state index in [9.17, 15) is 8.42 Å². The van der Waals surface area contributed by atoms with Gasteiger partial charge >= 0.3 is 0 Å². The molecule has 0 heterocycles. The molecule has 94 valence electrons. The molecule has 4 heteroatoms. The van der Waals surface area contributed by atoms with E-state index < -0.39 is 9.05 Å². The van der Waals surface area contributed by atoms with E-state index in [0.717, 1.165) is 16.7 Å². The first-order valence-electron chi connectivity index (χ1n) is 5.62. The molecule has 0 N–H and O–H groups in total. The van der Waals surface area contributed by atoms with Gasteiger partial charge in [0.15, 0.2) is 0 Å². The SMILES string of the molecule is O=S(=O)(Cl)CCc1ccccc1-c1ccccc1. The van der Waals surface area contributed by atoms with Crippen molar-refractivity contribution < 1.29 is 8.42 Å². The highest BCUT2D eigenvalue weighted by molar-refractivity contribution is 8.13. The van der Waals surface area contributed by atoms with Crippen LogP contribution in [0.2, 0.25) is 0 Å². The van der Waals surface area contributed by atoms with Crippen LogP contribution in [0, 0.1) is 0 Å². The van der Waals surface area contributed by atoms with Gasteiger partial charge in [0.1, 0.15) is 0 Å². The third-order valence-electron chi connectivity index (χ3n) is 2.72. The Morgan fingerprint density at radius 3 is 2.17 bits per heavy atom. The first kappa shape index (κ1) is 13.1. The lowest BCUT2D eigenvalue weighted by atomic mass is 9.98. The van der Waals surface area contributed by atoms with E-state index in [4.69, 9.17) is 10.7 Å². The maximum Gasteiger partial charge on any atom is 0.232 e. The Bertz CT molecular complexity index is 621. The minimum Gasteiger partial charge on any atom is -0.212 e. The van der Waals surface area contributed by atoms with Gasteiger partial charge in [0.25, 0.3) is 0 Å². The van der Waals surface area contributed by atoms with Crippen molar-refractivity contribution in [1.82, 2.24) is 0 Å². The highest BCUT2D eigenvalue weighted by atomic mass is 35.7. The Hall–Kier alpha value is -1.32. The maximum atomic E-state index is 11.0. The molecule has 0 atom stereocenters. The maximum absolute atomic E-state index is 11.0. The van der Waals surface area contributed by atoms with Crippen molar-refractivity contribution in [2.24, 2.45) is 0 Å². The number of hydrogen-bond acceptors (Lipinski definition) is 2. The van der Waals surface area contributed by atoms with Gasteiger partial charge in [-0.1, -0.05) is 54.6 Å². The molecule has 0 spiro atoms. The van der Waals surface area contributed by atoms with Gasteiger partial charge in [0, 0.05) is 10.7 Å². The standard InChI is InChI=1S/C14H13ClO2S/c15-18(16,17)11-10-13-8-4-5-9-14(13)12-6-2-1-3-7-12/h1-9H,10-11H2. The largest absolute Gasteiger partial charge is 0.232 e. The molecular weight excluding hydrogens is 268 g/mol. The van der Waals surface area contributed by atoms with E-state index in [1.165, 1.54) is 0 Å². The summed E-state index contributed by atoms with van der Waals surface area (Å²) in [6.07, 6.45) is 0.427. The van der Waals surface area contributed by atoms with Crippen molar-refractivity contribution in [2.45, 2.75) is 6.42 Å². The molecule has 2 aromatic carbocycles. The van der Waals surface area contributed by atoms with Crippen molar-refractivity contribution >= 4 is 19.7 Å². The molecule has 0 saturated carbocycles. The van der Waals surface area contributed by atoms with E-state index in [1.54, 1.807) is 0 Å². The van der Waals surface area contributed by atoms with Crippen LogP contribution in [0.4, 0.5) is 0 Å². The molecule has 0 unspecified atom stereocenters. The summed E-state index contributed by atoms with van der Waals surface area (Å²) in [4.78, 5) is 0. The molecule has 0 radical (unpaired) electrons. The lowest BCUT2D eigenvalue weighted by Gasteiger charge is -2.08. The number of rotatable bonds is 4. The van der Waals surface area contributed by atoms with Crippen molar-refractivity contribution in [3.8, 4) is 11.1 Å². The summed E-state index contributed by atoms with van der Waals surface area (Å²) in [5, 5.41) is 0. The van der Waals surface area contributed by atoms with Gasteiger partial charge in [0.2, 0.25) is 9.05 Å². The number of hydrogen-bond donors (Lipinski definition) is 0. The van der Waals surface area contributed by atoms with Crippen molar-refractivity contribution in [2.75, 3.05) is 5.75 Å². The molecule has 18 heavy (non-hydrogen) atoms. The van der Waals surface area contributed by atoms with E-state index in [-0.39, 0.29) is 5.75 Å². The lowest BCUT2D eigenvalue weighted by molar-refractivity contribution is 0.609. The fraction of sp³-hybridized carbons (Fsp3) is 0.143. The van der Waals surface area contributed by atoms with E-state index in [0.29, 0.717) is 6.42 Å². The second kappa shape index (κ2) is 5.55. The average molecular weight is 281 g/mol. The van der Waals surface area contributed by atoms with Gasteiger partial charge in [-0.2, -0.15) is 0 Å². The number of benzene rings is 2. The number of aryl methyl sites for hydroxylation is 1. The summed E-state index contributed by atoms with van der Waals surface area (Å²) in [5.41, 5.74) is 3.13. The fourth-order valence-electron chi connectivity index (χ4n) is 1.87. The molecule has 0 aliphatic carbocycles. The van der Waals surface area contributed by atoms with Crippen LogP contribution in [-0.4, -0.2) is 14.2 Å². The summed E-state index contributed by atoms with van der Waals surface area (Å²) in [5.74, 6) is -0.0433. The first-order valence-corrected chi connectivity index (χ1v) is 8.10. The molecule has 2 aromatic rings. The monoisotopic (exact) mass is 280 g/mol. The zero-order valence-electron chi connectivity index (χ0n) is 9.71. The van der Waals surface area contributed by atoms with Gasteiger partial charge < -0.3 is 0 Å². The topological polar surface area (TPSA) is 34.1 Å². The molecular formula is C14H13ClO2S. The molecule has 0 aromatic heterocycles. The smallest absolute Gasteiger partial charge is 0.212 e. The normalized spacial score (nSPS) is 11.4. The van der Waals surface area contributed by atoms with Crippen LogP contribution < -0.4 is 0 Å². The third kappa shape index (κ3) is 3.59. The summed E-state index contributed by atoms with van der Waals surface area (Å²) in [6, 6.07) is 17.7. The van der Waals surface area contributed by atoms with E-state index in [1.807, 2.05) is 54.6 Å². The molecule has 0 bridgehead atoms. The molecule has 2 rings (SSSR count). The molecule has 0 aliphatic rings. The van der Waals surface area contributed by atoms with Crippen LogP contribution in [0.25, 0.3) is 11.1 Å². The second-order valence-electron chi connectivity index (χ2n) is 4.02. The fourth-order valence-corrected chi connectivity index (χ4v) is 2.56. The highest BCUT2D eigenvalue weighted by Crippen LogP contribution is 2.24. The zero-order valence-corrected chi connectivity index (χ0v) is 11.3. The second-order valence-corrected chi connectivity index (χ2v) is 6.91. The van der Waals surface area contributed by atoms with Gasteiger partial charge in [-0.15, -0.1) is 0 Å². The van der Waals surface area contributed by atoms with Gasteiger partial charge in [-0.05, 0) is 23.1 Å². The van der Waals surface area contributed by atoms with Crippen molar-refractivity contribution in [3.63, 3.8) is 0 Å². The molecule has 2 nitrogen and oxygen atoms in total. The Kier molecular flexibility index (Phi) is 4.04. The minimum absolute atomic E-state index is 0.0433. The molecule has 0 amide bonds. The van der Waals surface area contributed by atoms with Gasteiger partial charge in [-0.25, -0.2) is 8.42 Å². The van der Waals surface area contributed by atoms with Crippen LogP contribution >= 0.6 is 10.7 Å². The Morgan fingerprint density at radius 2 is 1.50 bits per heavy atom. The van der Waals surface area contributed by atoms with Crippen molar-refractivity contribution in [3.05, 3.63) is 60.2 Å². The number of halogens is 1. The Labute approximate surface area is 112 Å². The van der Waals surface area contributed by atoms with Crippen molar-refractivity contribution in [1.29, 1.82) is 0 Å². The van der Waals surface area contributed by atoms with Crippen LogP contribution in [0.15, 0.2) is 54.6 Å². The van der Waals surface area contributed by atoms with Crippen LogP contribution in [0.1, 0.15) is 5.56 Å². The van der Waals surface area contributed by atoms with Gasteiger partial charge in [0.05, 0.1) is 5.75 Å². The summed E-state index contributed by atoms with van der Waals surface area (Å²) in [6.45, 7) is 0. The summed E-state index contributed by atoms with van der Waals surface area (Å²) >= 11 is 0. The zero-order chi connectivity index (χ0) is 13.0. The molecule has 0 aliphatic heterocycles. The van der Waals surface area contributed by atoms with Crippen LogP contribution in [-0.2, 0) is 15.5 Å². The van der Waals surface area contributed by atoms with E-state index in [2.05, 4.69) is 0 Å². The third-order valence-corrected chi connectivity index (χ3v) is 3.87. The van der Waals surface area contributed by atoms with E-state index >= 15 is 0 Å². The Balaban J connectivity index is 2.32. The van der Waals surface area contributed by atoms with Crippen LogP contribution in [0.3, 0.4) is 0 Å². The summed E-state index contributed by atoms with van der Waals surface area (Å²) in [7, 11) is 1.80. The van der Waals surface area contributed by atoms with Crippen LogP contribution in [0.5, 0.6) is 0 Å². The molecule has 0 saturated heterocycles.